The van der Waals surface area contributed by atoms with E-state index in [2.05, 4.69) is 25.2 Å². The number of ether oxygens (including phenoxy) is 2. The first-order chi connectivity index (χ1) is 14.0. The Morgan fingerprint density at radius 1 is 1.21 bits per heavy atom. The van der Waals surface area contributed by atoms with Crippen LogP contribution in [0.5, 0.6) is 11.5 Å². The van der Waals surface area contributed by atoms with Gasteiger partial charge in [-0.2, -0.15) is 0 Å². The highest BCUT2D eigenvalue weighted by Crippen LogP contribution is 2.31. The van der Waals surface area contributed by atoms with Crippen LogP contribution < -0.4 is 14.8 Å². The van der Waals surface area contributed by atoms with E-state index < -0.39 is 0 Å². The van der Waals surface area contributed by atoms with Gasteiger partial charge < -0.3 is 14.8 Å². The van der Waals surface area contributed by atoms with Gasteiger partial charge in [-0.3, -0.25) is 9.69 Å². The summed E-state index contributed by atoms with van der Waals surface area (Å²) in [6.07, 6.45) is 3.87. The van der Waals surface area contributed by atoms with Crippen LogP contribution in [-0.4, -0.2) is 29.1 Å². The molecule has 0 unspecified atom stereocenters. The van der Waals surface area contributed by atoms with Crippen LogP contribution >= 0.6 is 12.2 Å². The third kappa shape index (κ3) is 3.98. The van der Waals surface area contributed by atoms with Crippen LogP contribution in [0, 0.1) is 13.8 Å². The molecule has 1 heterocycles. The predicted octanol–water partition coefficient (Wildman–Crippen LogP) is 4.11. The summed E-state index contributed by atoms with van der Waals surface area (Å²) in [5.74, 6) is 1.55. The molecule has 1 saturated heterocycles. The summed E-state index contributed by atoms with van der Waals surface area (Å²) in [4.78, 5) is 14.3. The number of nitrogens with one attached hydrogen (secondary N) is 1. The minimum Gasteiger partial charge on any atom is -0.496 e. The number of methoxy groups -OCH3 is 1. The topological polar surface area (TPSA) is 50.8 Å². The molecule has 2 fully saturated rings. The maximum atomic E-state index is 12.6. The zero-order valence-electron chi connectivity index (χ0n) is 16.8. The van der Waals surface area contributed by atoms with E-state index in [0.29, 0.717) is 17.4 Å². The van der Waals surface area contributed by atoms with E-state index in [9.17, 15) is 4.79 Å². The smallest absolute Gasteiger partial charge is 0.276 e. The summed E-state index contributed by atoms with van der Waals surface area (Å²) in [5.41, 5.74) is 4.62. The van der Waals surface area contributed by atoms with E-state index in [0.717, 1.165) is 41.0 Å². The lowest BCUT2D eigenvalue weighted by Gasteiger charge is -2.14. The average molecular weight is 409 g/mol. The third-order valence-corrected chi connectivity index (χ3v) is 5.67. The molecule has 150 valence electrons. The number of hydrogen-bond acceptors (Lipinski definition) is 4. The van der Waals surface area contributed by atoms with Crippen molar-refractivity contribution >= 4 is 29.3 Å². The number of amides is 1. The van der Waals surface area contributed by atoms with E-state index in [1.54, 1.807) is 12.0 Å². The van der Waals surface area contributed by atoms with Gasteiger partial charge in [0.1, 0.15) is 23.8 Å². The van der Waals surface area contributed by atoms with Gasteiger partial charge in [-0.1, -0.05) is 18.2 Å². The molecule has 5 nitrogen and oxygen atoms in total. The van der Waals surface area contributed by atoms with Gasteiger partial charge >= 0.3 is 0 Å². The van der Waals surface area contributed by atoms with Gasteiger partial charge in [0.15, 0.2) is 5.11 Å². The van der Waals surface area contributed by atoms with Gasteiger partial charge in [0.25, 0.3) is 5.91 Å². The first-order valence-corrected chi connectivity index (χ1v) is 10.1. The molecule has 4 rings (SSSR count). The zero-order chi connectivity index (χ0) is 20.5. The fourth-order valence-corrected chi connectivity index (χ4v) is 3.76. The highest BCUT2D eigenvalue weighted by atomic mass is 32.1. The summed E-state index contributed by atoms with van der Waals surface area (Å²) < 4.78 is 11.5. The molecule has 0 radical (unpaired) electrons. The van der Waals surface area contributed by atoms with Crippen LogP contribution in [0.1, 0.15) is 35.1 Å². The van der Waals surface area contributed by atoms with Crippen LogP contribution in [0.2, 0.25) is 0 Å². The van der Waals surface area contributed by atoms with Crippen molar-refractivity contribution in [3.8, 4) is 11.5 Å². The Morgan fingerprint density at radius 2 is 2.00 bits per heavy atom. The lowest BCUT2D eigenvalue weighted by atomic mass is 10.1. The largest absolute Gasteiger partial charge is 0.496 e. The molecule has 1 N–H and O–H groups in total. The molecule has 0 bridgehead atoms. The molecule has 1 amide bonds. The van der Waals surface area contributed by atoms with Crippen LogP contribution in [0.4, 0.5) is 0 Å². The van der Waals surface area contributed by atoms with E-state index in [4.69, 9.17) is 21.7 Å². The molecule has 1 saturated carbocycles. The molecule has 0 aromatic heterocycles. The van der Waals surface area contributed by atoms with Crippen molar-refractivity contribution in [2.24, 2.45) is 0 Å². The van der Waals surface area contributed by atoms with Gasteiger partial charge in [0.05, 0.1) is 7.11 Å². The van der Waals surface area contributed by atoms with E-state index in [-0.39, 0.29) is 11.9 Å². The number of rotatable bonds is 6. The first-order valence-electron chi connectivity index (χ1n) is 9.70. The SMILES string of the molecule is COc1ccc(/C=C2/NC(=S)N(C3CC3)C2=O)cc1COc1cccc(C)c1C. The Balaban J connectivity index is 1.56. The fraction of sp³-hybridized carbons (Fsp3) is 0.304. The van der Waals surface area contributed by atoms with Gasteiger partial charge in [0, 0.05) is 11.6 Å². The maximum absolute atomic E-state index is 12.6. The standard InChI is InChI=1S/C23H24N2O3S/c1-14-5-4-6-20(15(14)2)28-13-17-11-16(7-10-21(17)27-3)12-19-22(26)25(18-8-9-18)23(29)24-19/h4-7,10-12,18H,8-9,13H2,1-3H3,(H,24,29)/b19-12+. The fourth-order valence-electron chi connectivity index (χ4n) is 3.42. The van der Waals surface area contributed by atoms with Crippen LogP contribution in [0.15, 0.2) is 42.1 Å². The number of carbonyl (C=O) groups is 1. The molecule has 29 heavy (non-hydrogen) atoms. The Kier molecular flexibility index (Phi) is 5.28. The third-order valence-electron chi connectivity index (χ3n) is 5.38. The van der Waals surface area contributed by atoms with E-state index in [1.165, 1.54) is 5.56 Å². The summed E-state index contributed by atoms with van der Waals surface area (Å²) in [6.45, 7) is 4.49. The van der Waals surface area contributed by atoms with Crippen molar-refractivity contribution in [2.45, 2.75) is 39.3 Å². The van der Waals surface area contributed by atoms with E-state index >= 15 is 0 Å². The highest BCUT2D eigenvalue weighted by molar-refractivity contribution is 7.80. The van der Waals surface area contributed by atoms with Crippen LogP contribution in [0.25, 0.3) is 6.08 Å². The Labute approximate surface area is 176 Å². The number of carbonyl (C=O) groups excluding carboxylic acids is 1. The summed E-state index contributed by atoms with van der Waals surface area (Å²) in [6, 6.07) is 12.1. The van der Waals surface area contributed by atoms with Gasteiger partial charge in [0.2, 0.25) is 0 Å². The van der Waals surface area contributed by atoms with Crippen molar-refractivity contribution in [2.75, 3.05) is 7.11 Å². The molecule has 2 aromatic rings. The Bertz CT molecular complexity index is 1010. The number of thiocarbonyl (C=S) groups is 1. The lowest BCUT2D eigenvalue weighted by Crippen LogP contribution is -2.32. The van der Waals surface area contributed by atoms with Crippen molar-refractivity contribution < 1.29 is 14.3 Å². The maximum Gasteiger partial charge on any atom is 0.276 e. The second-order valence-electron chi connectivity index (χ2n) is 7.45. The van der Waals surface area contributed by atoms with Crippen molar-refractivity contribution in [1.82, 2.24) is 10.2 Å². The predicted molar refractivity (Wildman–Crippen MR) is 117 cm³/mol. The quantitative estimate of drug-likeness (QED) is 0.576. The molecule has 1 aliphatic carbocycles. The van der Waals surface area contributed by atoms with E-state index in [1.807, 2.05) is 36.4 Å². The zero-order valence-corrected chi connectivity index (χ0v) is 17.6. The number of aryl methyl sites for hydroxylation is 1. The summed E-state index contributed by atoms with van der Waals surface area (Å²) in [7, 11) is 1.64. The molecule has 2 aromatic carbocycles. The van der Waals surface area contributed by atoms with Crippen molar-refractivity contribution in [3.63, 3.8) is 0 Å². The molecule has 0 atom stereocenters. The van der Waals surface area contributed by atoms with Gasteiger partial charge in [-0.05, 0) is 79.9 Å². The average Bonchev–Trinajstić information content (AvgIpc) is 3.49. The Hall–Kier alpha value is -2.86. The molecule has 0 spiro atoms. The first kappa shape index (κ1) is 19.5. The molecule has 6 heteroatoms. The normalized spacial score (nSPS) is 17.6. The Morgan fingerprint density at radius 3 is 2.72 bits per heavy atom. The van der Waals surface area contributed by atoms with Crippen molar-refractivity contribution in [1.29, 1.82) is 0 Å². The second-order valence-corrected chi connectivity index (χ2v) is 7.84. The summed E-state index contributed by atoms with van der Waals surface area (Å²) >= 11 is 5.32. The van der Waals surface area contributed by atoms with Crippen LogP contribution in [0.3, 0.4) is 0 Å². The second kappa shape index (κ2) is 7.87. The highest BCUT2D eigenvalue weighted by Gasteiger charge is 2.41. The number of nitrogens with zero attached hydrogens (tertiary/aromatic N) is 1. The lowest BCUT2D eigenvalue weighted by molar-refractivity contribution is -0.122. The summed E-state index contributed by atoms with van der Waals surface area (Å²) in [5, 5.41) is 3.55. The number of benzene rings is 2. The van der Waals surface area contributed by atoms with Crippen molar-refractivity contribution in [3.05, 3.63) is 64.3 Å². The molecule has 2 aliphatic rings. The van der Waals surface area contributed by atoms with Crippen LogP contribution in [-0.2, 0) is 11.4 Å². The minimum atomic E-state index is -0.0542. The molecule has 1 aliphatic heterocycles. The molecular formula is C23H24N2O3S. The van der Waals surface area contributed by atoms with Gasteiger partial charge in [-0.15, -0.1) is 0 Å². The van der Waals surface area contributed by atoms with Gasteiger partial charge in [-0.25, -0.2) is 0 Å². The minimum absolute atomic E-state index is 0.0542. The monoisotopic (exact) mass is 408 g/mol. The molecular weight excluding hydrogens is 384 g/mol. The number of hydrogen-bond donors (Lipinski definition) is 1.